The lowest BCUT2D eigenvalue weighted by Gasteiger charge is -2.21. The first-order chi connectivity index (χ1) is 14.6. The number of carboxylic acids is 1. The molecule has 3 rings (SSSR count). The molecule has 1 fully saturated rings. The predicted molar refractivity (Wildman–Crippen MR) is 111 cm³/mol. The summed E-state index contributed by atoms with van der Waals surface area (Å²) in [6, 6.07) is 6.84. The number of hydrogen-bond donors (Lipinski definition) is 1. The highest BCUT2D eigenvalue weighted by atomic mass is 16.5. The van der Waals surface area contributed by atoms with Crippen molar-refractivity contribution in [3.63, 3.8) is 0 Å². The van der Waals surface area contributed by atoms with E-state index in [1.165, 1.54) is 32.1 Å². The second-order valence-corrected chi connectivity index (χ2v) is 7.99. The number of benzene rings is 1. The molecule has 0 unspecified atom stereocenters. The molecule has 0 saturated heterocycles. The van der Waals surface area contributed by atoms with E-state index in [0.717, 1.165) is 18.8 Å². The van der Waals surface area contributed by atoms with E-state index in [2.05, 4.69) is 10.1 Å². The van der Waals surface area contributed by atoms with Gasteiger partial charge < -0.3 is 14.4 Å². The summed E-state index contributed by atoms with van der Waals surface area (Å²) in [5.74, 6) is -0.138. The summed E-state index contributed by atoms with van der Waals surface area (Å²) in [6.07, 6.45) is 9.28. The first-order valence-corrected chi connectivity index (χ1v) is 10.9. The van der Waals surface area contributed by atoms with Crippen LogP contribution in [0.2, 0.25) is 0 Å². The first-order valence-electron chi connectivity index (χ1n) is 10.9. The van der Waals surface area contributed by atoms with Crippen LogP contribution in [-0.2, 0) is 9.53 Å². The zero-order valence-corrected chi connectivity index (χ0v) is 17.5. The molecule has 1 aliphatic rings. The maximum atomic E-state index is 12.0. The third-order valence-electron chi connectivity index (χ3n) is 5.73. The topological polar surface area (TPSA) is 103 Å². The molecule has 0 radical (unpaired) electrons. The molecule has 162 valence electrons. The Morgan fingerprint density at radius 3 is 2.80 bits per heavy atom. The van der Waals surface area contributed by atoms with Gasteiger partial charge in [-0.05, 0) is 31.4 Å². The molecular formula is C23H30N2O5. The zero-order valence-electron chi connectivity index (χ0n) is 17.5. The van der Waals surface area contributed by atoms with Crippen LogP contribution in [0, 0.1) is 5.92 Å². The number of rotatable bonds is 10. The standard InChI is InChI=1S/C23H30N2O5/c1-2-29-23(28)19-13-7-11-17(14-19)21-24-22(30-25-21)18(15-20(26)27)12-6-10-16-8-4-3-5-9-16/h7,11,13-14,16,18H,2-6,8-10,12,15H2,1H3,(H,26,27)/t18-/m0/s1. The second-order valence-electron chi connectivity index (χ2n) is 7.99. The van der Waals surface area contributed by atoms with Crippen LogP contribution in [0.1, 0.15) is 86.9 Å². The number of hydrogen-bond acceptors (Lipinski definition) is 6. The highest BCUT2D eigenvalue weighted by Gasteiger charge is 2.23. The summed E-state index contributed by atoms with van der Waals surface area (Å²) in [7, 11) is 0. The van der Waals surface area contributed by atoms with Crippen molar-refractivity contribution in [2.75, 3.05) is 6.61 Å². The van der Waals surface area contributed by atoms with E-state index in [1.54, 1.807) is 31.2 Å². The molecule has 0 spiro atoms. The third-order valence-corrected chi connectivity index (χ3v) is 5.73. The fourth-order valence-corrected chi connectivity index (χ4v) is 4.17. The van der Waals surface area contributed by atoms with Gasteiger partial charge in [0.15, 0.2) is 0 Å². The van der Waals surface area contributed by atoms with Gasteiger partial charge in [0.2, 0.25) is 11.7 Å². The lowest BCUT2D eigenvalue weighted by atomic mass is 9.84. The Bertz CT molecular complexity index is 842. The molecule has 1 aliphatic carbocycles. The van der Waals surface area contributed by atoms with Crippen LogP contribution in [0.15, 0.2) is 28.8 Å². The molecule has 1 aromatic heterocycles. The van der Waals surface area contributed by atoms with Gasteiger partial charge in [0.1, 0.15) is 0 Å². The summed E-state index contributed by atoms with van der Waals surface area (Å²) in [4.78, 5) is 27.8. The first kappa shape index (κ1) is 22.0. The van der Waals surface area contributed by atoms with Gasteiger partial charge in [-0.15, -0.1) is 0 Å². The number of carboxylic acid groups (broad SMARTS) is 1. The van der Waals surface area contributed by atoms with Crippen LogP contribution in [-0.4, -0.2) is 33.8 Å². The molecule has 2 aromatic rings. The molecule has 30 heavy (non-hydrogen) atoms. The summed E-state index contributed by atoms with van der Waals surface area (Å²) in [6.45, 7) is 2.05. The maximum absolute atomic E-state index is 12.0. The van der Waals surface area contributed by atoms with Gasteiger partial charge >= 0.3 is 11.9 Å². The Kier molecular flexibility index (Phi) is 7.99. The van der Waals surface area contributed by atoms with Crippen LogP contribution in [0.3, 0.4) is 0 Å². The lowest BCUT2D eigenvalue weighted by Crippen LogP contribution is -2.10. The van der Waals surface area contributed by atoms with Crippen molar-refractivity contribution >= 4 is 11.9 Å². The molecular weight excluding hydrogens is 384 g/mol. The Labute approximate surface area is 176 Å². The number of nitrogens with zero attached hydrogens (tertiary/aromatic N) is 2. The largest absolute Gasteiger partial charge is 0.481 e. The van der Waals surface area contributed by atoms with Crippen molar-refractivity contribution in [3.05, 3.63) is 35.7 Å². The Morgan fingerprint density at radius 1 is 1.27 bits per heavy atom. The number of carbonyl (C=O) groups is 2. The molecule has 1 atom stereocenters. The minimum atomic E-state index is -0.873. The summed E-state index contributed by atoms with van der Waals surface area (Å²) >= 11 is 0. The van der Waals surface area contributed by atoms with Gasteiger partial charge in [-0.25, -0.2) is 4.79 Å². The number of aliphatic carboxylic acids is 1. The van der Waals surface area contributed by atoms with E-state index in [0.29, 0.717) is 35.9 Å². The van der Waals surface area contributed by atoms with Crippen LogP contribution in [0.4, 0.5) is 0 Å². The van der Waals surface area contributed by atoms with Gasteiger partial charge in [-0.3, -0.25) is 4.79 Å². The van der Waals surface area contributed by atoms with Crippen LogP contribution >= 0.6 is 0 Å². The molecule has 0 amide bonds. The molecule has 1 N–H and O–H groups in total. The van der Waals surface area contributed by atoms with Gasteiger partial charge in [-0.2, -0.15) is 4.98 Å². The minimum absolute atomic E-state index is 0.0326. The zero-order chi connectivity index (χ0) is 21.3. The third kappa shape index (κ3) is 6.15. The van der Waals surface area contributed by atoms with Crippen LogP contribution in [0.25, 0.3) is 11.4 Å². The van der Waals surface area contributed by atoms with Crippen molar-refractivity contribution in [2.45, 2.75) is 70.6 Å². The lowest BCUT2D eigenvalue weighted by molar-refractivity contribution is -0.137. The SMILES string of the molecule is CCOC(=O)c1cccc(-c2noc([C@@H](CCCC3CCCCC3)CC(=O)O)n2)c1. The highest BCUT2D eigenvalue weighted by molar-refractivity contribution is 5.90. The summed E-state index contributed by atoms with van der Waals surface area (Å²) in [5, 5.41) is 13.4. The van der Waals surface area contributed by atoms with Crippen molar-refractivity contribution in [2.24, 2.45) is 5.92 Å². The molecule has 7 heteroatoms. The number of ether oxygens (including phenoxy) is 1. The van der Waals surface area contributed by atoms with Gasteiger partial charge in [0, 0.05) is 11.5 Å². The van der Waals surface area contributed by atoms with Gasteiger partial charge in [0.05, 0.1) is 18.6 Å². The fraction of sp³-hybridized carbons (Fsp3) is 0.565. The molecule has 1 saturated carbocycles. The molecule has 1 heterocycles. The normalized spacial score (nSPS) is 15.6. The maximum Gasteiger partial charge on any atom is 0.338 e. The molecule has 0 bridgehead atoms. The molecule has 7 nitrogen and oxygen atoms in total. The van der Waals surface area contributed by atoms with E-state index in [1.807, 2.05) is 0 Å². The van der Waals surface area contributed by atoms with Gasteiger partial charge in [0.25, 0.3) is 0 Å². The fourth-order valence-electron chi connectivity index (χ4n) is 4.17. The van der Waals surface area contributed by atoms with Crippen molar-refractivity contribution in [1.82, 2.24) is 10.1 Å². The monoisotopic (exact) mass is 414 g/mol. The van der Waals surface area contributed by atoms with E-state index in [-0.39, 0.29) is 12.3 Å². The van der Waals surface area contributed by atoms with Crippen molar-refractivity contribution < 1.29 is 24.0 Å². The Morgan fingerprint density at radius 2 is 2.07 bits per heavy atom. The van der Waals surface area contributed by atoms with Crippen LogP contribution in [0.5, 0.6) is 0 Å². The van der Waals surface area contributed by atoms with E-state index in [4.69, 9.17) is 9.26 Å². The number of esters is 1. The van der Waals surface area contributed by atoms with Crippen molar-refractivity contribution in [1.29, 1.82) is 0 Å². The summed E-state index contributed by atoms with van der Waals surface area (Å²) in [5.41, 5.74) is 1.04. The summed E-state index contributed by atoms with van der Waals surface area (Å²) < 4.78 is 10.5. The van der Waals surface area contributed by atoms with Crippen molar-refractivity contribution in [3.8, 4) is 11.4 Å². The quantitative estimate of drug-likeness (QED) is 0.531. The van der Waals surface area contributed by atoms with E-state index < -0.39 is 11.9 Å². The number of carbonyl (C=O) groups excluding carboxylic acids is 1. The Hall–Kier alpha value is -2.70. The smallest absolute Gasteiger partial charge is 0.338 e. The highest BCUT2D eigenvalue weighted by Crippen LogP contribution is 2.31. The van der Waals surface area contributed by atoms with E-state index in [9.17, 15) is 14.7 Å². The second kappa shape index (κ2) is 10.9. The molecule has 1 aromatic carbocycles. The van der Waals surface area contributed by atoms with E-state index >= 15 is 0 Å². The average Bonchev–Trinajstić information content (AvgIpc) is 3.24. The molecule has 0 aliphatic heterocycles. The predicted octanol–water partition coefficient (Wildman–Crippen LogP) is 5.22. The average molecular weight is 415 g/mol. The number of aromatic nitrogens is 2. The van der Waals surface area contributed by atoms with Gasteiger partial charge in [-0.1, -0.05) is 62.2 Å². The van der Waals surface area contributed by atoms with Crippen LogP contribution < -0.4 is 0 Å². The minimum Gasteiger partial charge on any atom is -0.481 e. The Balaban J connectivity index is 1.68.